The molecule has 0 aliphatic carbocycles. The van der Waals surface area contributed by atoms with E-state index in [4.69, 9.17) is 9.84 Å². The van der Waals surface area contributed by atoms with Crippen molar-refractivity contribution in [2.45, 2.75) is 25.2 Å². The Kier molecular flexibility index (Phi) is 3.13. The Hall–Kier alpha value is -0.0800. The van der Waals surface area contributed by atoms with Crippen LogP contribution in [0.1, 0.15) is 12.8 Å². The van der Waals surface area contributed by atoms with Crippen LogP contribution in [0.4, 0.5) is 4.79 Å². The summed E-state index contributed by atoms with van der Waals surface area (Å²) in [7, 11) is 0. The first-order chi connectivity index (χ1) is 6.72. The average Bonchev–Trinajstić information content (AvgIpc) is 2.95. The summed E-state index contributed by atoms with van der Waals surface area (Å²) in [5.74, 6) is 0.423. The Bertz CT molecular complexity index is 231. The predicted molar refractivity (Wildman–Crippen MR) is 45.1 cm³/mol. The van der Waals surface area contributed by atoms with Crippen LogP contribution < -0.4 is 26.4 Å². The van der Waals surface area contributed by atoms with Gasteiger partial charge in [-0.2, -0.15) is 0 Å². The van der Waals surface area contributed by atoms with E-state index in [0.29, 0.717) is 5.92 Å². The third-order valence-electron chi connectivity index (χ3n) is 2.88. The highest BCUT2D eigenvalue weighted by Gasteiger charge is 2.44. The van der Waals surface area contributed by atoms with E-state index >= 15 is 0 Å². The molecule has 5 nitrogen and oxygen atoms in total. The fourth-order valence-electron chi connectivity index (χ4n) is 1.96. The molecule has 2 aliphatic heterocycles. The summed E-state index contributed by atoms with van der Waals surface area (Å²) in [6.07, 6.45) is 1.33. The predicted octanol–water partition coefficient (Wildman–Crippen LogP) is -3.67. The molecule has 2 amide bonds. The van der Waals surface area contributed by atoms with Crippen LogP contribution in [0.2, 0.25) is 0 Å². The van der Waals surface area contributed by atoms with E-state index in [2.05, 4.69) is 3.53 Å². The number of halogens is 1. The zero-order valence-corrected chi connectivity index (χ0v) is 10.0. The van der Waals surface area contributed by atoms with E-state index in [1.54, 1.807) is 27.8 Å². The number of likely N-dealkylation sites (tertiary alicyclic amines) is 1. The second-order valence-electron chi connectivity index (χ2n) is 3.72. The van der Waals surface area contributed by atoms with Crippen LogP contribution in [-0.4, -0.2) is 41.5 Å². The molecule has 2 aliphatic rings. The molecule has 2 heterocycles. The van der Waals surface area contributed by atoms with Gasteiger partial charge in [0.05, 0.1) is 0 Å². The van der Waals surface area contributed by atoms with Gasteiger partial charge in [-0.25, -0.2) is 4.79 Å². The number of nitrogens with zero attached hydrogens (tertiary/aromatic N) is 1. The molecule has 2 saturated heterocycles. The van der Waals surface area contributed by atoms with Gasteiger partial charge < -0.3 is 14.7 Å². The van der Waals surface area contributed by atoms with Crippen molar-refractivity contribution in [3.63, 3.8) is 0 Å². The highest BCUT2D eigenvalue weighted by molar-refractivity contribution is 5.72. The van der Waals surface area contributed by atoms with Gasteiger partial charge in [0.25, 0.3) is 0 Å². The van der Waals surface area contributed by atoms with Gasteiger partial charge in [-0.1, -0.05) is 0 Å². The topological polar surface area (TPSA) is 65.1 Å². The van der Waals surface area contributed by atoms with Gasteiger partial charge in [0.2, 0.25) is 0 Å². The van der Waals surface area contributed by atoms with Crippen LogP contribution in [0.15, 0.2) is 0 Å². The summed E-state index contributed by atoms with van der Waals surface area (Å²) in [6.45, 7) is 1.52. The summed E-state index contributed by atoms with van der Waals surface area (Å²) in [6, 6.07) is -0.00878. The number of urea groups is 1. The quantitative estimate of drug-likeness (QED) is 0.298. The minimum absolute atomic E-state index is 0.00878. The van der Waals surface area contributed by atoms with Crippen molar-refractivity contribution in [2.24, 2.45) is 5.92 Å². The molecule has 2 rings (SSSR count). The van der Waals surface area contributed by atoms with E-state index in [0.717, 1.165) is 25.9 Å². The number of piperidine rings is 1. The molecule has 0 radical (unpaired) electrons. The van der Waals surface area contributed by atoms with Gasteiger partial charge in [0.1, 0.15) is 6.10 Å². The Balaban J connectivity index is 1.77. The minimum atomic E-state index is -0.549. The van der Waals surface area contributed by atoms with E-state index in [-0.39, 0.29) is 12.1 Å². The summed E-state index contributed by atoms with van der Waals surface area (Å²) < 4.78 is 7.63. The summed E-state index contributed by atoms with van der Waals surface area (Å²) in [4.78, 5) is 13.1. The highest BCUT2D eigenvalue weighted by Crippen LogP contribution is 2.33. The standard InChI is InChI=1S/C8H13IN2O3/c9-10-8(13)11-3-1-5(2-4-11)6-7(12)14-6/h5-7,9,12H,1-4H2/p+1. The smallest absolute Gasteiger partial charge is 0.366 e. The fraction of sp³-hybridized carbons (Fsp3) is 0.875. The molecule has 0 saturated carbocycles. The first-order valence-corrected chi connectivity index (χ1v) is 5.89. The number of rotatable bonds is 1. The number of nitrogens with one attached hydrogen (secondary N) is 1. The Morgan fingerprint density at radius 1 is 1.50 bits per heavy atom. The van der Waals surface area contributed by atoms with Gasteiger partial charge in [0, 0.05) is 13.1 Å². The van der Waals surface area contributed by atoms with Crippen molar-refractivity contribution in [2.75, 3.05) is 13.1 Å². The van der Waals surface area contributed by atoms with Gasteiger partial charge in [-0.3, -0.25) is 0 Å². The lowest BCUT2D eigenvalue weighted by Crippen LogP contribution is -3.42. The first-order valence-electron chi connectivity index (χ1n) is 4.73. The average molecular weight is 313 g/mol. The minimum Gasteiger partial charge on any atom is -0.366 e. The van der Waals surface area contributed by atoms with Crippen LogP contribution in [0, 0.1) is 5.92 Å². The second-order valence-corrected chi connectivity index (χ2v) is 4.31. The molecule has 0 aromatic rings. The molecule has 2 atom stereocenters. The lowest BCUT2D eigenvalue weighted by Gasteiger charge is -2.29. The number of aliphatic hydroxyl groups is 1. The third-order valence-corrected chi connectivity index (χ3v) is 3.38. The highest BCUT2D eigenvalue weighted by atomic mass is 127. The van der Waals surface area contributed by atoms with Gasteiger partial charge in [0.15, 0.2) is 6.29 Å². The zero-order chi connectivity index (χ0) is 10.1. The van der Waals surface area contributed by atoms with E-state index in [1.165, 1.54) is 0 Å². The monoisotopic (exact) mass is 313 g/mol. The molecule has 14 heavy (non-hydrogen) atoms. The number of carbonyl (C=O) groups is 1. The van der Waals surface area contributed by atoms with Gasteiger partial charge in [-0.05, 0) is 18.8 Å². The summed E-state index contributed by atoms with van der Waals surface area (Å²) >= 11 is 1.57. The molecule has 6 heteroatoms. The SMILES string of the molecule is O=C(N[IH+])N1CCC(C2OC2O)CC1. The maximum Gasteiger partial charge on any atom is 0.405 e. The fourth-order valence-corrected chi connectivity index (χ4v) is 2.32. The van der Waals surface area contributed by atoms with Crippen molar-refractivity contribution < 1.29 is 37.5 Å². The third kappa shape index (κ3) is 2.12. The lowest BCUT2D eigenvalue weighted by atomic mass is 9.94. The first kappa shape index (κ1) is 10.4. The van der Waals surface area contributed by atoms with E-state index in [1.807, 2.05) is 0 Å². The molecule has 0 aromatic heterocycles. The molecule has 0 bridgehead atoms. The molecule has 2 N–H and O–H groups in total. The molecule has 0 aromatic carbocycles. The van der Waals surface area contributed by atoms with Crippen molar-refractivity contribution in [1.29, 1.82) is 0 Å². The number of amides is 2. The lowest BCUT2D eigenvalue weighted by molar-refractivity contribution is -0.424. The van der Waals surface area contributed by atoms with Crippen LogP contribution in [0.25, 0.3) is 0 Å². The number of hydrogen-bond donors (Lipinski definition) is 2. The number of carbonyl (C=O) groups excluding carboxylic acids is 1. The van der Waals surface area contributed by atoms with E-state index < -0.39 is 6.29 Å². The van der Waals surface area contributed by atoms with Crippen molar-refractivity contribution in [1.82, 2.24) is 8.43 Å². The largest absolute Gasteiger partial charge is 0.405 e. The number of hydrogen-bond acceptors (Lipinski definition) is 3. The van der Waals surface area contributed by atoms with Crippen LogP contribution in [0.3, 0.4) is 0 Å². The maximum absolute atomic E-state index is 11.3. The van der Waals surface area contributed by atoms with Gasteiger partial charge in [-0.15, -0.1) is 3.53 Å². The normalized spacial score (nSPS) is 32.9. The molecule has 2 fully saturated rings. The summed E-state index contributed by atoms with van der Waals surface area (Å²) in [5.41, 5.74) is 0. The molecular formula is C8H14IN2O3+. The maximum atomic E-state index is 11.3. The Morgan fingerprint density at radius 2 is 2.07 bits per heavy atom. The van der Waals surface area contributed by atoms with Crippen molar-refractivity contribution in [3.05, 3.63) is 0 Å². The van der Waals surface area contributed by atoms with Crippen LogP contribution in [0.5, 0.6) is 0 Å². The van der Waals surface area contributed by atoms with Crippen molar-refractivity contribution >= 4 is 6.03 Å². The number of ether oxygens (including phenoxy) is 1. The summed E-state index contributed by atoms with van der Waals surface area (Å²) in [5, 5.41) is 9.09. The van der Waals surface area contributed by atoms with Crippen molar-refractivity contribution in [3.8, 4) is 0 Å². The molecule has 0 spiro atoms. The number of epoxide rings is 1. The Morgan fingerprint density at radius 3 is 2.50 bits per heavy atom. The second kappa shape index (κ2) is 4.19. The Labute approximate surface area is 96.3 Å². The number of aliphatic hydroxyl groups excluding tert-OH is 1. The van der Waals surface area contributed by atoms with Crippen LogP contribution >= 0.6 is 0 Å². The zero-order valence-electron chi connectivity index (χ0n) is 7.68. The van der Waals surface area contributed by atoms with E-state index in [9.17, 15) is 4.79 Å². The molecule has 80 valence electrons. The molecular weight excluding hydrogens is 299 g/mol. The van der Waals surface area contributed by atoms with Crippen LogP contribution in [-0.2, 0) is 4.74 Å². The van der Waals surface area contributed by atoms with Gasteiger partial charge >= 0.3 is 28.9 Å². The molecule has 2 unspecified atom stereocenters.